The molecule has 0 spiro atoms. The number of piperidine rings is 4. The minimum absolute atomic E-state index is 0.0162. The fourth-order valence-electron chi connectivity index (χ4n) is 7.82. The van der Waals surface area contributed by atoms with Crippen molar-refractivity contribution in [3.8, 4) is 0 Å². The van der Waals surface area contributed by atoms with Crippen LogP contribution in [0.4, 0.5) is 23.1 Å². The number of halogens is 1. The lowest BCUT2D eigenvalue weighted by atomic mass is 9.91. The standard InChI is InChI=1S/C38H51ClN10O2S/c1-38(41)13-19-49(20-14-38)32-23-44-37(35(40)46-32)52-30-4-2-3-29(34(30)39)45-36(51)26-11-15-47(16-12-26)24-25-9-17-48(18-10-25)31-7-5-27(21-42-31)28-6-8-33(50)43-22-28/h2-5,7,21,23,25-26,28H,6,8-20,22,24,41H2,1H3,(H2,40,46)(H,43,50)(H,45,51). The quantitative estimate of drug-likeness (QED) is 0.230. The summed E-state index contributed by atoms with van der Waals surface area (Å²) in [6, 6.07) is 9.95. The van der Waals surface area contributed by atoms with Crippen molar-refractivity contribution < 1.29 is 9.59 Å². The van der Waals surface area contributed by atoms with E-state index in [0.29, 0.717) is 46.4 Å². The smallest absolute Gasteiger partial charge is 0.227 e. The minimum Gasteiger partial charge on any atom is -0.381 e. The van der Waals surface area contributed by atoms with Crippen LogP contribution in [0.3, 0.4) is 0 Å². The van der Waals surface area contributed by atoms with Gasteiger partial charge in [0.1, 0.15) is 16.7 Å². The first-order valence-corrected chi connectivity index (χ1v) is 19.9. The highest BCUT2D eigenvalue weighted by atomic mass is 35.5. The summed E-state index contributed by atoms with van der Waals surface area (Å²) in [7, 11) is 0. The summed E-state index contributed by atoms with van der Waals surface area (Å²) in [4.78, 5) is 46.8. The maximum Gasteiger partial charge on any atom is 0.227 e. The number of nitrogens with two attached hydrogens (primary N) is 2. The highest BCUT2D eigenvalue weighted by Crippen LogP contribution is 2.39. The van der Waals surface area contributed by atoms with Crippen molar-refractivity contribution in [2.45, 2.75) is 79.7 Å². The average Bonchev–Trinajstić information content (AvgIpc) is 3.15. The lowest BCUT2D eigenvalue weighted by Gasteiger charge is -2.38. The lowest BCUT2D eigenvalue weighted by molar-refractivity contribution is -0.122. The maximum absolute atomic E-state index is 13.4. The SMILES string of the molecule is CC1(N)CCN(c2cnc(Sc3cccc(NC(=O)C4CCN(CC5CCN(c6ccc(C7CCC(=O)NC7)cn6)CC5)CC4)c3Cl)c(N)n2)CC1. The molecule has 278 valence electrons. The van der Waals surface area contributed by atoms with Crippen molar-refractivity contribution in [1.82, 2.24) is 25.2 Å². The first kappa shape index (κ1) is 36.7. The molecule has 2 amide bonds. The third-order valence-corrected chi connectivity index (χ3v) is 12.9. The van der Waals surface area contributed by atoms with Crippen molar-refractivity contribution in [3.05, 3.63) is 53.3 Å². The van der Waals surface area contributed by atoms with Gasteiger partial charge in [-0.3, -0.25) is 9.59 Å². The van der Waals surface area contributed by atoms with Crippen LogP contribution < -0.4 is 31.9 Å². The molecule has 7 rings (SSSR count). The third-order valence-electron chi connectivity index (χ3n) is 11.3. The maximum atomic E-state index is 13.4. The van der Waals surface area contributed by atoms with Crippen LogP contribution in [-0.4, -0.2) is 89.6 Å². The topological polar surface area (TPSA) is 159 Å². The number of hydrogen-bond donors (Lipinski definition) is 4. The number of carbonyl (C=O) groups is 2. The first-order chi connectivity index (χ1) is 25.1. The molecule has 0 bridgehead atoms. The Kier molecular flexibility index (Phi) is 11.4. The molecule has 3 aromatic rings. The Balaban J connectivity index is 0.849. The van der Waals surface area contributed by atoms with Crippen molar-refractivity contribution >= 4 is 58.3 Å². The average molecular weight is 747 g/mol. The normalized spacial score (nSPS) is 21.9. The second-order valence-electron chi connectivity index (χ2n) is 15.3. The number of benzene rings is 1. The van der Waals surface area contributed by atoms with Crippen molar-refractivity contribution in [1.29, 1.82) is 0 Å². The van der Waals surface area contributed by atoms with Crippen molar-refractivity contribution in [2.24, 2.45) is 17.6 Å². The molecular weight excluding hydrogens is 696 g/mol. The molecule has 4 aliphatic rings. The first-order valence-electron chi connectivity index (χ1n) is 18.7. The summed E-state index contributed by atoms with van der Waals surface area (Å²) in [5.41, 5.74) is 14.3. The van der Waals surface area contributed by atoms with Gasteiger partial charge >= 0.3 is 0 Å². The monoisotopic (exact) mass is 746 g/mol. The second kappa shape index (κ2) is 16.2. The molecule has 1 atom stereocenters. The highest BCUT2D eigenvalue weighted by Gasteiger charge is 2.30. The van der Waals surface area contributed by atoms with E-state index < -0.39 is 0 Å². The molecule has 4 aliphatic heterocycles. The van der Waals surface area contributed by atoms with Gasteiger partial charge < -0.3 is 36.8 Å². The van der Waals surface area contributed by atoms with Crippen molar-refractivity contribution in [3.63, 3.8) is 0 Å². The molecule has 14 heteroatoms. The number of pyridine rings is 1. The van der Waals surface area contributed by atoms with E-state index in [4.69, 9.17) is 28.1 Å². The summed E-state index contributed by atoms with van der Waals surface area (Å²) < 4.78 is 0. The summed E-state index contributed by atoms with van der Waals surface area (Å²) >= 11 is 8.17. The zero-order valence-corrected chi connectivity index (χ0v) is 31.6. The lowest BCUT2D eigenvalue weighted by Crippen LogP contribution is -2.48. The van der Waals surface area contributed by atoms with Gasteiger partial charge in [-0.15, -0.1) is 0 Å². The molecule has 6 heterocycles. The Hall–Kier alpha value is -3.65. The number of nitrogen functional groups attached to an aromatic ring is 1. The Morgan fingerprint density at radius 3 is 2.40 bits per heavy atom. The van der Waals surface area contributed by atoms with Crippen LogP contribution >= 0.6 is 23.4 Å². The van der Waals surface area contributed by atoms with Crippen LogP contribution in [0.15, 0.2) is 52.6 Å². The number of aromatic nitrogens is 3. The zero-order valence-electron chi connectivity index (χ0n) is 30.0. The van der Waals surface area contributed by atoms with Gasteiger partial charge in [-0.1, -0.05) is 35.5 Å². The molecule has 4 saturated heterocycles. The van der Waals surface area contributed by atoms with Gasteiger partial charge in [0.2, 0.25) is 11.8 Å². The van der Waals surface area contributed by atoms with Crippen LogP contribution in [0, 0.1) is 11.8 Å². The van der Waals surface area contributed by atoms with E-state index in [1.54, 1.807) is 6.20 Å². The number of hydrogen-bond acceptors (Lipinski definition) is 11. The van der Waals surface area contributed by atoms with E-state index in [9.17, 15) is 9.59 Å². The number of likely N-dealkylation sites (tertiary alicyclic amines) is 1. The molecule has 1 aromatic carbocycles. The second-order valence-corrected chi connectivity index (χ2v) is 16.7. The fourth-order valence-corrected chi connectivity index (χ4v) is 8.92. The Bertz CT molecular complexity index is 1710. The summed E-state index contributed by atoms with van der Waals surface area (Å²) in [5, 5.41) is 7.12. The van der Waals surface area contributed by atoms with Gasteiger partial charge in [0.25, 0.3) is 0 Å². The molecule has 0 saturated carbocycles. The van der Waals surface area contributed by atoms with Gasteiger partial charge in [-0.05, 0) is 94.6 Å². The Morgan fingerprint density at radius 2 is 1.73 bits per heavy atom. The van der Waals surface area contributed by atoms with E-state index in [2.05, 4.69) is 54.4 Å². The Morgan fingerprint density at radius 1 is 0.981 bits per heavy atom. The minimum atomic E-state index is -0.148. The predicted octanol–water partition coefficient (Wildman–Crippen LogP) is 5.14. The van der Waals surface area contributed by atoms with Gasteiger partial charge in [0, 0.05) is 74.2 Å². The van der Waals surface area contributed by atoms with Crippen LogP contribution in [-0.2, 0) is 9.59 Å². The van der Waals surface area contributed by atoms with Crippen LogP contribution in [0.25, 0.3) is 0 Å². The van der Waals surface area contributed by atoms with Gasteiger partial charge in [-0.2, -0.15) is 0 Å². The van der Waals surface area contributed by atoms with Gasteiger partial charge in [0.15, 0.2) is 5.82 Å². The van der Waals surface area contributed by atoms with E-state index in [0.717, 1.165) is 107 Å². The number of rotatable bonds is 9. The van der Waals surface area contributed by atoms with E-state index in [-0.39, 0.29) is 23.3 Å². The molecule has 52 heavy (non-hydrogen) atoms. The van der Waals surface area contributed by atoms with Gasteiger partial charge in [0.05, 0.1) is 16.9 Å². The number of carbonyl (C=O) groups excluding carboxylic acids is 2. The molecule has 0 aliphatic carbocycles. The molecule has 2 aromatic heterocycles. The third kappa shape index (κ3) is 8.92. The molecule has 6 N–H and O–H groups in total. The van der Waals surface area contributed by atoms with Crippen LogP contribution in [0.5, 0.6) is 0 Å². The van der Waals surface area contributed by atoms with E-state index in [1.807, 2.05) is 24.4 Å². The van der Waals surface area contributed by atoms with Crippen molar-refractivity contribution in [2.75, 3.05) is 73.2 Å². The van der Waals surface area contributed by atoms with E-state index in [1.165, 1.54) is 17.3 Å². The summed E-state index contributed by atoms with van der Waals surface area (Å²) in [6.45, 7) is 9.35. The number of nitrogens with zero attached hydrogens (tertiary/aromatic N) is 6. The zero-order chi connectivity index (χ0) is 36.2. The van der Waals surface area contributed by atoms with E-state index >= 15 is 0 Å². The largest absolute Gasteiger partial charge is 0.381 e. The summed E-state index contributed by atoms with van der Waals surface area (Å²) in [5.74, 6) is 3.26. The molecule has 1 unspecified atom stereocenters. The molecule has 12 nitrogen and oxygen atoms in total. The molecular formula is C38H51ClN10O2S. The molecule has 0 radical (unpaired) electrons. The highest BCUT2D eigenvalue weighted by molar-refractivity contribution is 7.99. The van der Waals surface area contributed by atoms with Crippen LogP contribution in [0.2, 0.25) is 5.02 Å². The summed E-state index contributed by atoms with van der Waals surface area (Å²) in [6.07, 6.45) is 10.9. The molecule has 4 fully saturated rings. The fraction of sp³-hybridized carbons (Fsp3) is 0.553. The number of anilines is 4. The number of nitrogens with one attached hydrogen (secondary N) is 2. The predicted molar refractivity (Wildman–Crippen MR) is 208 cm³/mol. The van der Waals surface area contributed by atoms with Gasteiger partial charge in [-0.25, -0.2) is 15.0 Å². The number of amides is 2. The van der Waals surface area contributed by atoms with Crippen LogP contribution in [0.1, 0.15) is 69.8 Å². The Labute approximate surface area is 315 Å².